The van der Waals surface area contributed by atoms with Crippen molar-refractivity contribution in [2.24, 2.45) is 5.41 Å². The van der Waals surface area contributed by atoms with Crippen LogP contribution in [0.5, 0.6) is 0 Å². The number of nitrogens with zero attached hydrogens (tertiary/aromatic N) is 1. The molecule has 0 radical (unpaired) electrons. The van der Waals surface area contributed by atoms with Crippen LogP contribution in [-0.2, 0) is 16.0 Å². The van der Waals surface area contributed by atoms with Crippen molar-refractivity contribution in [3.05, 3.63) is 54.4 Å². The van der Waals surface area contributed by atoms with Gasteiger partial charge in [-0.1, -0.05) is 37.3 Å². The number of pyridine rings is 1. The quantitative estimate of drug-likeness (QED) is 0.875. The van der Waals surface area contributed by atoms with Crippen LogP contribution in [0.15, 0.2) is 48.8 Å². The standard InChI is InChI=1S/C21H26N2O2/c1-2-10-23-20(24)21(8-12-25-13-9-21)15-17-5-3-6-18(14-17)19-7-4-11-22-16-19/h3-7,11,14,16H,2,8-10,12-13,15H2,1H3,(H,23,24). The molecule has 1 N–H and O–H groups in total. The third kappa shape index (κ3) is 4.26. The first-order chi connectivity index (χ1) is 12.2. The molecule has 0 bridgehead atoms. The second-order valence-corrected chi connectivity index (χ2v) is 6.77. The first kappa shape index (κ1) is 17.6. The van der Waals surface area contributed by atoms with E-state index in [1.165, 1.54) is 5.56 Å². The summed E-state index contributed by atoms with van der Waals surface area (Å²) in [4.78, 5) is 17.1. The Balaban J connectivity index is 1.83. The van der Waals surface area contributed by atoms with Gasteiger partial charge in [-0.25, -0.2) is 0 Å². The van der Waals surface area contributed by atoms with E-state index in [2.05, 4.69) is 47.6 Å². The molecule has 0 atom stereocenters. The number of hydrogen-bond donors (Lipinski definition) is 1. The van der Waals surface area contributed by atoms with Crippen molar-refractivity contribution < 1.29 is 9.53 Å². The second-order valence-electron chi connectivity index (χ2n) is 6.77. The monoisotopic (exact) mass is 338 g/mol. The predicted molar refractivity (Wildman–Crippen MR) is 99.2 cm³/mol. The van der Waals surface area contributed by atoms with Gasteiger partial charge in [0.15, 0.2) is 0 Å². The summed E-state index contributed by atoms with van der Waals surface area (Å²) in [5.74, 6) is 0.171. The molecule has 1 aliphatic rings. The summed E-state index contributed by atoms with van der Waals surface area (Å²) in [6.07, 6.45) is 6.91. The van der Waals surface area contributed by atoms with Gasteiger partial charge in [-0.3, -0.25) is 9.78 Å². The Morgan fingerprint density at radius 2 is 2.00 bits per heavy atom. The van der Waals surface area contributed by atoms with Crippen LogP contribution in [0.4, 0.5) is 0 Å². The number of nitrogens with one attached hydrogen (secondary N) is 1. The zero-order valence-corrected chi connectivity index (χ0v) is 14.8. The Morgan fingerprint density at radius 1 is 1.20 bits per heavy atom. The maximum Gasteiger partial charge on any atom is 0.226 e. The smallest absolute Gasteiger partial charge is 0.226 e. The number of rotatable bonds is 6. The van der Waals surface area contributed by atoms with Crippen molar-refractivity contribution in [2.45, 2.75) is 32.6 Å². The molecule has 4 heteroatoms. The summed E-state index contributed by atoms with van der Waals surface area (Å²) >= 11 is 0. The van der Waals surface area contributed by atoms with Crippen molar-refractivity contribution in [1.82, 2.24) is 10.3 Å². The molecule has 1 amide bonds. The molecule has 1 aliphatic heterocycles. The molecule has 0 unspecified atom stereocenters. The van der Waals surface area contributed by atoms with Gasteiger partial charge in [-0.15, -0.1) is 0 Å². The van der Waals surface area contributed by atoms with Crippen molar-refractivity contribution in [1.29, 1.82) is 0 Å². The Bertz CT molecular complexity index is 694. The Labute approximate surface area is 149 Å². The second kappa shape index (κ2) is 8.26. The lowest BCUT2D eigenvalue weighted by Crippen LogP contribution is -2.46. The van der Waals surface area contributed by atoms with E-state index in [-0.39, 0.29) is 11.3 Å². The van der Waals surface area contributed by atoms with Crippen molar-refractivity contribution in [3.8, 4) is 11.1 Å². The Hall–Kier alpha value is -2.20. The third-order valence-electron chi connectivity index (χ3n) is 4.93. The summed E-state index contributed by atoms with van der Waals surface area (Å²) in [6, 6.07) is 12.5. The zero-order valence-electron chi connectivity index (χ0n) is 14.8. The molecule has 1 saturated heterocycles. The lowest BCUT2D eigenvalue weighted by Gasteiger charge is -2.36. The number of carbonyl (C=O) groups is 1. The fourth-order valence-corrected chi connectivity index (χ4v) is 3.46. The molecule has 25 heavy (non-hydrogen) atoms. The van der Waals surface area contributed by atoms with Crippen LogP contribution >= 0.6 is 0 Å². The minimum atomic E-state index is -0.360. The molecule has 2 aromatic rings. The highest BCUT2D eigenvalue weighted by Crippen LogP contribution is 2.35. The molecule has 0 saturated carbocycles. The lowest BCUT2D eigenvalue weighted by atomic mass is 9.74. The molecule has 0 spiro atoms. The van der Waals surface area contributed by atoms with E-state index in [0.29, 0.717) is 13.2 Å². The highest BCUT2D eigenvalue weighted by Gasteiger charge is 2.39. The minimum absolute atomic E-state index is 0.171. The van der Waals surface area contributed by atoms with Crippen LogP contribution < -0.4 is 5.32 Å². The van der Waals surface area contributed by atoms with Gasteiger partial charge in [0, 0.05) is 32.2 Å². The Kier molecular flexibility index (Phi) is 5.82. The maximum absolute atomic E-state index is 12.9. The zero-order chi connectivity index (χ0) is 17.5. The largest absolute Gasteiger partial charge is 0.381 e. The average Bonchev–Trinajstić information content (AvgIpc) is 2.67. The summed E-state index contributed by atoms with van der Waals surface area (Å²) in [7, 11) is 0. The van der Waals surface area contributed by atoms with E-state index in [9.17, 15) is 4.79 Å². The number of carbonyl (C=O) groups excluding carboxylic acids is 1. The van der Waals surface area contributed by atoms with Gasteiger partial charge in [-0.2, -0.15) is 0 Å². The van der Waals surface area contributed by atoms with Crippen LogP contribution in [0.2, 0.25) is 0 Å². The van der Waals surface area contributed by atoms with E-state index in [0.717, 1.165) is 43.4 Å². The fourth-order valence-electron chi connectivity index (χ4n) is 3.46. The molecule has 0 aliphatic carbocycles. The molecule has 3 rings (SSSR count). The normalized spacial score (nSPS) is 16.4. The van der Waals surface area contributed by atoms with Crippen LogP contribution in [0, 0.1) is 5.41 Å². The third-order valence-corrected chi connectivity index (χ3v) is 4.93. The molecule has 4 nitrogen and oxygen atoms in total. The van der Waals surface area contributed by atoms with Gasteiger partial charge in [0.1, 0.15) is 0 Å². The summed E-state index contributed by atoms with van der Waals surface area (Å²) in [6.45, 7) is 4.12. The molecule has 1 aromatic heterocycles. The first-order valence-electron chi connectivity index (χ1n) is 9.09. The van der Waals surface area contributed by atoms with Gasteiger partial charge in [-0.05, 0) is 48.4 Å². The van der Waals surface area contributed by atoms with Crippen LogP contribution in [-0.4, -0.2) is 30.6 Å². The fraction of sp³-hybridized carbons (Fsp3) is 0.429. The summed E-state index contributed by atoms with van der Waals surface area (Å²) in [5, 5.41) is 3.10. The highest BCUT2D eigenvalue weighted by atomic mass is 16.5. The van der Waals surface area contributed by atoms with E-state index >= 15 is 0 Å². The first-order valence-corrected chi connectivity index (χ1v) is 9.09. The van der Waals surface area contributed by atoms with Gasteiger partial charge in [0.2, 0.25) is 5.91 Å². The van der Waals surface area contributed by atoms with Gasteiger partial charge >= 0.3 is 0 Å². The van der Waals surface area contributed by atoms with E-state index in [4.69, 9.17) is 4.74 Å². The number of aromatic nitrogens is 1. The van der Waals surface area contributed by atoms with Gasteiger partial charge < -0.3 is 10.1 Å². The number of benzene rings is 1. The average molecular weight is 338 g/mol. The minimum Gasteiger partial charge on any atom is -0.381 e. The number of amides is 1. The van der Waals surface area contributed by atoms with Crippen LogP contribution in [0.3, 0.4) is 0 Å². The molecular formula is C21H26N2O2. The number of ether oxygens (including phenoxy) is 1. The molecule has 132 valence electrons. The van der Waals surface area contributed by atoms with Crippen molar-refractivity contribution in [3.63, 3.8) is 0 Å². The molecule has 1 aromatic carbocycles. The highest BCUT2D eigenvalue weighted by molar-refractivity contribution is 5.83. The predicted octanol–water partition coefficient (Wildman–Crippen LogP) is 3.61. The molecular weight excluding hydrogens is 312 g/mol. The maximum atomic E-state index is 12.9. The number of hydrogen-bond acceptors (Lipinski definition) is 3. The Morgan fingerprint density at radius 3 is 2.72 bits per heavy atom. The molecule has 2 heterocycles. The van der Waals surface area contributed by atoms with Crippen LogP contribution in [0.25, 0.3) is 11.1 Å². The van der Waals surface area contributed by atoms with Crippen molar-refractivity contribution >= 4 is 5.91 Å². The van der Waals surface area contributed by atoms with Gasteiger partial charge in [0.05, 0.1) is 5.41 Å². The SMILES string of the molecule is CCCNC(=O)C1(Cc2cccc(-c3cccnc3)c2)CCOCC1. The molecule has 1 fully saturated rings. The lowest BCUT2D eigenvalue weighted by molar-refractivity contribution is -0.136. The van der Waals surface area contributed by atoms with Crippen LogP contribution in [0.1, 0.15) is 31.7 Å². The van der Waals surface area contributed by atoms with Crippen molar-refractivity contribution in [2.75, 3.05) is 19.8 Å². The van der Waals surface area contributed by atoms with E-state index in [1.54, 1.807) is 6.20 Å². The summed E-state index contributed by atoms with van der Waals surface area (Å²) in [5.41, 5.74) is 3.07. The topological polar surface area (TPSA) is 51.2 Å². The van der Waals surface area contributed by atoms with Gasteiger partial charge in [0.25, 0.3) is 0 Å². The van der Waals surface area contributed by atoms with E-state index in [1.807, 2.05) is 12.3 Å². The van der Waals surface area contributed by atoms with E-state index < -0.39 is 0 Å². The summed E-state index contributed by atoms with van der Waals surface area (Å²) < 4.78 is 5.52.